The number of anilines is 3. The molecule has 49 heavy (non-hydrogen) atoms. The normalized spacial score (nSPS) is 13.0. The van der Waals surface area contributed by atoms with Crippen LogP contribution in [-0.4, -0.2) is 0 Å². The molecule has 0 radical (unpaired) electrons. The first kappa shape index (κ1) is 30.4. The van der Waals surface area contributed by atoms with Crippen LogP contribution >= 0.6 is 0 Å². The first-order valence-electron chi connectivity index (χ1n) is 17.1. The van der Waals surface area contributed by atoms with Gasteiger partial charge >= 0.3 is 0 Å². The van der Waals surface area contributed by atoms with Crippen LogP contribution in [0.5, 0.6) is 0 Å². The first-order valence-corrected chi connectivity index (χ1v) is 17.1. The van der Waals surface area contributed by atoms with Gasteiger partial charge in [-0.05, 0) is 110 Å². The molecule has 7 aromatic rings. The molecule has 0 bridgehead atoms. The van der Waals surface area contributed by atoms with Gasteiger partial charge in [-0.1, -0.05) is 154 Å². The predicted octanol–water partition coefficient (Wildman–Crippen LogP) is 13.5. The molecule has 0 saturated carbocycles. The lowest BCUT2D eigenvalue weighted by Crippen LogP contribution is -2.15. The monoisotopic (exact) mass is 629 g/mol. The van der Waals surface area contributed by atoms with E-state index in [1.807, 2.05) is 12.2 Å². The van der Waals surface area contributed by atoms with Crippen molar-refractivity contribution in [2.45, 2.75) is 26.2 Å². The lowest BCUT2D eigenvalue weighted by Gasteiger charge is -2.27. The van der Waals surface area contributed by atoms with E-state index in [2.05, 4.69) is 190 Å². The zero-order valence-electron chi connectivity index (χ0n) is 28.3. The molecule has 0 atom stereocenters. The molecule has 1 heteroatoms. The van der Waals surface area contributed by atoms with Crippen LogP contribution in [0.1, 0.15) is 36.1 Å². The average molecular weight is 630 g/mol. The number of benzene rings is 7. The third kappa shape index (κ3) is 5.29. The Morgan fingerprint density at radius 2 is 1.10 bits per heavy atom. The van der Waals surface area contributed by atoms with Gasteiger partial charge in [0.15, 0.2) is 0 Å². The van der Waals surface area contributed by atoms with Crippen LogP contribution in [0.4, 0.5) is 17.1 Å². The fraction of sp³-hybridized carbons (Fsp3) is 0.0833. The highest BCUT2D eigenvalue weighted by Crippen LogP contribution is 2.50. The van der Waals surface area contributed by atoms with Crippen LogP contribution in [0.2, 0.25) is 0 Å². The largest absolute Gasteiger partial charge is 0.310 e. The van der Waals surface area contributed by atoms with Crippen molar-refractivity contribution in [3.05, 3.63) is 193 Å². The minimum absolute atomic E-state index is 0.0391. The van der Waals surface area contributed by atoms with Gasteiger partial charge < -0.3 is 4.90 Å². The van der Waals surface area contributed by atoms with Crippen molar-refractivity contribution in [3.8, 4) is 33.4 Å². The highest BCUT2D eigenvalue weighted by atomic mass is 15.1. The van der Waals surface area contributed by atoms with E-state index in [1.54, 1.807) is 0 Å². The van der Waals surface area contributed by atoms with Crippen molar-refractivity contribution in [2.24, 2.45) is 0 Å². The van der Waals surface area contributed by atoms with E-state index in [4.69, 9.17) is 0 Å². The van der Waals surface area contributed by atoms with Gasteiger partial charge in [0.2, 0.25) is 0 Å². The number of hydrogen-bond acceptors (Lipinski definition) is 1. The van der Waals surface area contributed by atoms with Crippen LogP contribution in [0.3, 0.4) is 0 Å². The Hall–Kier alpha value is -5.92. The van der Waals surface area contributed by atoms with Crippen LogP contribution in [0.25, 0.3) is 50.2 Å². The van der Waals surface area contributed by atoms with Crippen molar-refractivity contribution in [1.29, 1.82) is 0 Å². The summed E-state index contributed by atoms with van der Waals surface area (Å²) in [6, 6.07) is 55.6. The number of fused-ring (bicyclic) bond motifs is 4. The highest BCUT2D eigenvalue weighted by Gasteiger charge is 2.35. The summed E-state index contributed by atoms with van der Waals surface area (Å²) in [6.07, 6.45) is 6.00. The topological polar surface area (TPSA) is 3.24 Å². The smallest absolute Gasteiger partial charge is 0.0468 e. The third-order valence-electron chi connectivity index (χ3n) is 10.2. The Kier molecular flexibility index (Phi) is 7.62. The molecule has 0 fully saturated rings. The van der Waals surface area contributed by atoms with Crippen LogP contribution in [-0.2, 0) is 5.41 Å². The molecule has 1 aliphatic carbocycles. The van der Waals surface area contributed by atoms with Crippen LogP contribution in [0, 0.1) is 6.92 Å². The van der Waals surface area contributed by atoms with Gasteiger partial charge in [-0.25, -0.2) is 0 Å². The molecule has 0 unspecified atom stereocenters. The summed E-state index contributed by atoms with van der Waals surface area (Å²) < 4.78 is 0. The Morgan fingerprint density at radius 3 is 1.86 bits per heavy atom. The molecule has 236 valence electrons. The molecule has 0 spiro atoms. The second-order valence-corrected chi connectivity index (χ2v) is 13.5. The summed E-state index contributed by atoms with van der Waals surface area (Å²) in [7, 11) is 0. The Labute approximate surface area is 290 Å². The maximum absolute atomic E-state index is 3.88. The summed E-state index contributed by atoms with van der Waals surface area (Å²) in [5.41, 5.74) is 16.0. The van der Waals surface area contributed by atoms with Crippen molar-refractivity contribution >= 4 is 33.9 Å². The fourth-order valence-electron chi connectivity index (χ4n) is 7.67. The van der Waals surface area contributed by atoms with E-state index in [1.165, 1.54) is 66.4 Å². The van der Waals surface area contributed by atoms with Gasteiger partial charge in [-0.3, -0.25) is 0 Å². The SMILES string of the molecule is C=C/C=C\c1c(C)cccc1-c1ccc(N(c2ccc(-c3cccc4ccccc34)cc2)c2ccc3c(c2)-c2ccccc2C3(C)C)cc1. The molecule has 0 amide bonds. The third-order valence-corrected chi connectivity index (χ3v) is 10.2. The maximum atomic E-state index is 3.88. The summed E-state index contributed by atoms with van der Waals surface area (Å²) in [4.78, 5) is 2.39. The summed E-state index contributed by atoms with van der Waals surface area (Å²) >= 11 is 0. The quantitative estimate of drug-likeness (QED) is 0.159. The van der Waals surface area contributed by atoms with E-state index in [9.17, 15) is 0 Å². The number of allylic oxidation sites excluding steroid dienone is 2. The van der Waals surface area contributed by atoms with Gasteiger partial charge in [-0.15, -0.1) is 0 Å². The number of aryl methyl sites for hydroxylation is 1. The standard InChI is InChI=1S/C48H39N/c1-5-6-16-40-33(2)13-11-19-41(40)35-22-26-37(27-23-35)49(39-30-31-47-45(32-39)44-18-9-10-21-46(44)48(47,3)4)38-28-24-36(25-29-38)43-20-12-15-34-14-7-8-17-42(34)43/h5-32H,1H2,2-4H3/b16-6-. The molecule has 7 aromatic carbocycles. The second kappa shape index (κ2) is 12.3. The number of rotatable bonds is 7. The van der Waals surface area contributed by atoms with Crippen LogP contribution in [0.15, 0.2) is 170 Å². The Bertz CT molecular complexity index is 2370. The molecule has 1 aliphatic rings. The predicted molar refractivity (Wildman–Crippen MR) is 211 cm³/mol. The lowest BCUT2D eigenvalue weighted by molar-refractivity contribution is 0.660. The zero-order chi connectivity index (χ0) is 33.5. The number of nitrogens with zero attached hydrogens (tertiary/aromatic N) is 1. The van der Waals surface area contributed by atoms with Crippen molar-refractivity contribution < 1.29 is 0 Å². The Morgan fingerprint density at radius 1 is 0.531 bits per heavy atom. The van der Waals surface area contributed by atoms with E-state index in [0.717, 1.165) is 17.1 Å². The Balaban J connectivity index is 1.25. The molecular weight excluding hydrogens is 591 g/mol. The molecule has 0 heterocycles. The summed E-state index contributed by atoms with van der Waals surface area (Å²) in [5.74, 6) is 0. The molecular formula is C48H39N. The van der Waals surface area contributed by atoms with E-state index < -0.39 is 0 Å². The first-order chi connectivity index (χ1) is 23.9. The minimum Gasteiger partial charge on any atom is -0.310 e. The van der Waals surface area contributed by atoms with Gasteiger partial charge in [-0.2, -0.15) is 0 Å². The maximum Gasteiger partial charge on any atom is 0.0468 e. The van der Waals surface area contributed by atoms with Crippen molar-refractivity contribution in [1.82, 2.24) is 0 Å². The average Bonchev–Trinajstić information content (AvgIpc) is 3.37. The van der Waals surface area contributed by atoms with Gasteiger partial charge in [0.25, 0.3) is 0 Å². The van der Waals surface area contributed by atoms with E-state index in [-0.39, 0.29) is 5.41 Å². The molecule has 0 saturated heterocycles. The van der Waals surface area contributed by atoms with Crippen molar-refractivity contribution in [3.63, 3.8) is 0 Å². The molecule has 8 rings (SSSR count). The van der Waals surface area contributed by atoms with Gasteiger partial charge in [0.1, 0.15) is 0 Å². The molecule has 0 N–H and O–H groups in total. The lowest BCUT2D eigenvalue weighted by atomic mass is 9.82. The van der Waals surface area contributed by atoms with Gasteiger partial charge in [0, 0.05) is 22.5 Å². The minimum atomic E-state index is -0.0391. The summed E-state index contributed by atoms with van der Waals surface area (Å²) in [5, 5.41) is 2.52. The van der Waals surface area contributed by atoms with Crippen molar-refractivity contribution in [2.75, 3.05) is 4.90 Å². The second-order valence-electron chi connectivity index (χ2n) is 13.5. The van der Waals surface area contributed by atoms with E-state index >= 15 is 0 Å². The highest BCUT2D eigenvalue weighted by molar-refractivity contribution is 5.97. The van der Waals surface area contributed by atoms with Gasteiger partial charge in [0.05, 0.1) is 0 Å². The zero-order valence-corrected chi connectivity index (χ0v) is 28.3. The molecule has 1 nitrogen and oxygen atoms in total. The summed E-state index contributed by atoms with van der Waals surface area (Å²) in [6.45, 7) is 10.7. The number of hydrogen-bond donors (Lipinski definition) is 0. The van der Waals surface area contributed by atoms with E-state index in [0.29, 0.717) is 0 Å². The van der Waals surface area contributed by atoms with Crippen LogP contribution < -0.4 is 4.90 Å². The fourth-order valence-corrected chi connectivity index (χ4v) is 7.67. The molecule has 0 aromatic heterocycles. The molecule has 0 aliphatic heterocycles.